The molecule has 0 saturated heterocycles. The highest BCUT2D eigenvalue weighted by atomic mass is 79.9. The highest BCUT2D eigenvalue weighted by molar-refractivity contribution is 9.10. The lowest BCUT2D eigenvalue weighted by molar-refractivity contribution is 0.0783. The molecule has 2 rings (SSSR count). The molecule has 1 amide bonds. The Bertz CT molecular complexity index is 534. The third kappa shape index (κ3) is 3.17. The van der Waals surface area contributed by atoms with Crippen LogP contribution in [0.5, 0.6) is 0 Å². The number of carbonyl (C=O) groups is 1. The molecule has 0 aliphatic heterocycles. The highest BCUT2D eigenvalue weighted by Crippen LogP contribution is 2.17. The predicted octanol–water partition coefficient (Wildman–Crippen LogP) is 3.49. The molecule has 0 saturated carbocycles. The second-order valence-electron chi connectivity index (χ2n) is 4.16. The molecule has 5 heteroatoms. The number of aromatic nitrogens is 1. The number of carbonyl (C=O) groups excluding carboxylic acids is 1. The zero-order valence-corrected chi connectivity index (χ0v) is 12.6. The maximum atomic E-state index is 12.3. The molecule has 0 bridgehead atoms. The Kier molecular flexibility index (Phi) is 4.14. The van der Waals surface area contributed by atoms with Crippen molar-refractivity contribution < 1.29 is 4.79 Å². The molecular weight excluding hydrogens is 312 g/mol. The van der Waals surface area contributed by atoms with E-state index < -0.39 is 0 Å². The molecule has 0 unspecified atom stereocenters. The van der Waals surface area contributed by atoms with Gasteiger partial charge in [0, 0.05) is 22.5 Å². The molecular formula is C13H13BrN2OS. The summed E-state index contributed by atoms with van der Waals surface area (Å²) in [5, 5.41) is 1.95. The van der Waals surface area contributed by atoms with Gasteiger partial charge >= 0.3 is 0 Å². The average molecular weight is 325 g/mol. The molecule has 0 radical (unpaired) electrons. The van der Waals surface area contributed by atoms with Crippen LogP contribution < -0.4 is 0 Å². The van der Waals surface area contributed by atoms with E-state index >= 15 is 0 Å². The quantitative estimate of drug-likeness (QED) is 0.865. The Balaban J connectivity index is 2.15. The maximum Gasteiger partial charge on any atom is 0.253 e. The number of aryl methyl sites for hydroxylation is 1. The minimum atomic E-state index is 0.00685. The Morgan fingerprint density at radius 3 is 2.83 bits per heavy atom. The normalized spacial score (nSPS) is 10.4. The van der Waals surface area contributed by atoms with Crippen molar-refractivity contribution in [2.24, 2.45) is 0 Å². The summed E-state index contributed by atoms with van der Waals surface area (Å²) in [5.41, 5.74) is 4.45. The van der Waals surface area contributed by atoms with Gasteiger partial charge in [0.1, 0.15) is 0 Å². The van der Waals surface area contributed by atoms with Crippen LogP contribution in [0.4, 0.5) is 0 Å². The zero-order valence-electron chi connectivity index (χ0n) is 10.2. The second kappa shape index (κ2) is 5.63. The van der Waals surface area contributed by atoms with Crippen LogP contribution >= 0.6 is 27.3 Å². The van der Waals surface area contributed by atoms with E-state index in [1.165, 1.54) is 11.3 Å². The Hall–Kier alpha value is -1.20. The van der Waals surface area contributed by atoms with Crippen LogP contribution in [0.3, 0.4) is 0 Å². The van der Waals surface area contributed by atoms with E-state index in [2.05, 4.69) is 20.9 Å². The van der Waals surface area contributed by atoms with Crippen LogP contribution in [-0.2, 0) is 6.54 Å². The fourth-order valence-corrected chi connectivity index (χ4v) is 2.87. The SMILES string of the molecule is Cc1cc(Br)cc(C(=O)N(C)Cc2cscn2)c1. The van der Waals surface area contributed by atoms with E-state index in [0.29, 0.717) is 12.1 Å². The van der Waals surface area contributed by atoms with E-state index in [0.717, 1.165) is 15.7 Å². The standard InChI is InChI=1S/C13H13BrN2OS/c1-9-3-10(5-11(14)4-9)13(17)16(2)6-12-7-18-8-15-12/h3-5,7-8H,6H2,1-2H3. The van der Waals surface area contributed by atoms with Crippen molar-refractivity contribution in [3.8, 4) is 0 Å². The first kappa shape index (κ1) is 13.2. The molecule has 2 aromatic rings. The van der Waals surface area contributed by atoms with Gasteiger partial charge in [0.05, 0.1) is 17.7 Å². The molecule has 0 atom stereocenters. The summed E-state index contributed by atoms with van der Waals surface area (Å²) < 4.78 is 0.924. The van der Waals surface area contributed by atoms with Crippen LogP contribution in [0.1, 0.15) is 21.6 Å². The van der Waals surface area contributed by atoms with Crippen molar-refractivity contribution in [2.75, 3.05) is 7.05 Å². The molecule has 0 aliphatic carbocycles. The molecule has 0 spiro atoms. The van der Waals surface area contributed by atoms with Gasteiger partial charge in [-0.05, 0) is 30.7 Å². The van der Waals surface area contributed by atoms with E-state index in [1.807, 2.05) is 30.5 Å². The zero-order chi connectivity index (χ0) is 13.1. The lowest BCUT2D eigenvalue weighted by Crippen LogP contribution is -2.26. The number of rotatable bonds is 3. The van der Waals surface area contributed by atoms with E-state index in [4.69, 9.17) is 0 Å². The largest absolute Gasteiger partial charge is 0.336 e. The Morgan fingerprint density at radius 2 is 2.22 bits per heavy atom. The second-order valence-corrected chi connectivity index (χ2v) is 5.79. The summed E-state index contributed by atoms with van der Waals surface area (Å²) >= 11 is 4.95. The molecule has 94 valence electrons. The third-order valence-electron chi connectivity index (χ3n) is 2.52. The fraction of sp³-hybridized carbons (Fsp3) is 0.231. The summed E-state index contributed by atoms with van der Waals surface area (Å²) in [6.45, 7) is 2.51. The summed E-state index contributed by atoms with van der Waals surface area (Å²) in [6.07, 6.45) is 0. The van der Waals surface area contributed by atoms with Gasteiger partial charge < -0.3 is 4.90 Å². The average Bonchev–Trinajstić information content (AvgIpc) is 2.79. The van der Waals surface area contributed by atoms with Crippen LogP contribution in [0.15, 0.2) is 33.6 Å². The molecule has 18 heavy (non-hydrogen) atoms. The first-order chi connectivity index (χ1) is 8.56. The first-order valence-electron chi connectivity index (χ1n) is 5.46. The molecule has 3 nitrogen and oxygen atoms in total. The fourth-order valence-electron chi connectivity index (χ4n) is 1.71. The summed E-state index contributed by atoms with van der Waals surface area (Å²) in [5.74, 6) is 0.00685. The van der Waals surface area contributed by atoms with E-state index in [1.54, 1.807) is 17.5 Å². The molecule has 1 heterocycles. The third-order valence-corrected chi connectivity index (χ3v) is 3.61. The smallest absolute Gasteiger partial charge is 0.253 e. The summed E-state index contributed by atoms with van der Waals surface area (Å²) in [7, 11) is 1.79. The van der Waals surface area contributed by atoms with E-state index in [9.17, 15) is 4.79 Å². The lowest BCUT2D eigenvalue weighted by atomic mass is 10.1. The summed E-state index contributed by atoms with van der Waals surface area (Å²) in [4.78, 5) is 18.1. The summed E-state index contributed by atoms with van der Waals surface area (Å²) in [6, 6.07) is 5.72. The van der Waals surface area contributed by atoms with Gasteiger partial charge in [-0.2, -0.15) is 0 Å². The minimum absolute atomic E-state index is 0.00685. The van der Waals surface area contributed by atoms with Gasteiger partial charge in [0.15, 0.2) is 0 Å². The minimum Gasteiger partial charge on any atom is -0.336 e. The molecule has 0 aliphatic rings. The molecule has 0 N–H and O–H groups in total. The van der Waals surface area contributed by atoms with Crippen molar-refractivity contribution in [1.82, 2.24) is 9.88 Å². The van der Waals surface area contributed by atoms with Crippen molar-refractivity contribution in [3.63, 3.8) is 0 Å². The topological polar surface area (TPSA) is 33.2 Å². The number of nitrogens with zero attached hydrogens (tertiary/aromatic N) is 2. The van der Waals surface area contributed by atoms with Crippen LogP contribution in [-0.4, -0.2) is 22.8 Å². The van der Waals surface area contributed by atoms with Crippen LogP contribution in [0, 0.1) is 6.92 Å². The van der Waals surface area contributed by atoms with Gasteiger partial charge in [-0.1, -0.05) is 15.9 Å². The number of hydrogen-bond donors (Lipinski definition) is 0. The van der Waals surface area contributed by atoms with Crippen molar-refractivity contribution in [2.45, 2.75) is 13.5 Å². The van der Waals surface area contributed by atoms with Crippen molar-refractivity contribution in [1.29, 1.82) is 0 Å². The number of benzene rings is 1. The number of halogens is 1. The van der Waals surface area contributed by atoms with Gasteiger partial charge in [-0.3, -0.25) is 4.79 Å². The number of hydrogen-bond acceptors (Lipinski definition) is 3. The van der Waals surface area contributed by atoms with Crippen molar-refractivity contribution >= 4 is 33.2 Å². The van der Waals surface area contributed by atoms with E-state index in [-0.39, 0.29) is 5.91 Å². The maximum absolute atomic E-state index is 12.3. The predicted molar refractivity (Wildman–Crippen MR) is 76.8 cm³/mol. The van der Waals surface area contributed by atoms with Crippen molar-refractivity contribution in [3.05, 3.63) is 50.4 Å². The molecule has 1 aromatic carbocycles. The Morgan fingerprint density at radius 1 is 1.44 bits per heavy atom. The van der Waals surface area contributed by atoms with Gasteiger partial charge in [0.2, 0.25) is 0 Å². The monoisotopic (exact) mass is 324 g/mol. The number of amides is 1. The van der Waals surface area contributed by atoms with Gasteiger partial charge in [0.25, 0.3) is 5.91 Å². The molecule has 1 aromatic heterocycles. The van der Waals surface area contributed by atoms with Gasteiger partial charge in [-0.15, -0.1) is 11.3 Å². The number of thiazole rings is 1. The van der Waals surface area contributed by atoms with Crippen LogP contribution in [0.25, 0.3) is 0 Å². The van der Waals surface area contributed by atoms with Crippen LogP contribution in [0.2, 0.25) is 0 Å². The van der Waals surface area contributed by atoms with Gasteiger partial charge in [-0.25, -0.2) is 4.98 Å². The first-order valence-corrected chi connectivity index (χ1v) is 7.19. The highest BCUT2D eigenvalue weighted by Gasteiger charge is 2.13. The molecule has 0 fully saturated rings. The lowest BCUT2D eigenvalue weighted by Gasteiger charge is -2.16. The Labute approximate surface area is 119 Å².